The summed E-state index contributed by atoms with van der Waals surface area (Å²) in [6, 6.07) is 61.0. The van der Waals surface area contributed by atoms with Gasteiger partial charge in [0.2, 0.25) is 11.8 Å². The molecule has 0 bridgehead atoms. The van der Waals surface area contributed by atoms with Crippen LogP contribution in [-0.2, 0) is 137 Å². The maximum absolute atomic E-state index is 15.7. The number of carbonyl (C=O) groups excluding carboxylic acids is 2. The van der Waals surface area contributed by atoms with Gasteiger partial charge in [0.05, 0.1) is 138 Å². The van der Waals surface area contributed by atoms with E-state index in [9.17, 15) is 79.2 Å². The molecule has 0 aromatic heterocycles. The van der Waals surface area contributed by atoms with Gasteiger partial charge in [0, 0.05) is 52.4 Å². The number of rotatable bonds is 63. The Kier molecular flexibility index (Phi) is 43.0. The Hall–Kier alpha value is -11.4. The summed E-state index contributed by atoms with van der Waals surface area (Å²) in [6.07, 6.45) is -9.88. The molecule has 35 nitrogen and oxygen atoms in total. The van der Waals surface area contributed by atoms with Crippen LogP contribution < -0.4 is 10.6 Å². The molecule has 1 aliphatic rings. The SMILES string of the molecule is O=C(O)CN(CCN(CC(=O)O)CC(=O)O)CCN(CC(=O)O)CC(=O)N[C@H]1[C@@H](O[C@H](COCc2ccccc2)[C@@H](OCc2ccccc2)[C@H](OCc2ccccc2)[C@@H](COCc2ccccc2)NC(=O)CN(CCN(CCN(CC(=O)O)CC(=O)O)CC(=O)O)CC(=O)O)O[C@H](COCc2ccccc2)[C@@H](OCc2ccccc2)[C@@H]1OCc1ccccc1. The van der Waals surface area contributed by atoms with Gasteiger partial charge in [-0.3, -0.25) is 77.3 Å². The van der Waals surface area contributed by atoms with Gasteiger partial charge in [0.1, 0.15) is 42.7 Å². The molecule has 1 saturated heterocycles. The number of nitrogens with zero attached hydrogens (tertiary/aromatic N) is 6. The van der Waals surface area contributed by atoms with Crippen molar-refractivity contribution in [3.8, 4) is 0 Å². The Balaban J connectivity index is 1.29. The van der Waals surface area contributed by atoms with Crippen LogP contribution in [0, 0.1) is 0 Å². The molecule has 668 valence electrons. The number of ether oxygens (including phenoxy) is 9. The van der Waals surface area contributed by atoms with Crippen molar-refractivity contribution in [2.24, 2.45) is 0 Å². The van der Waals surface area contributed by atoms with Crippen molar-refractivity contribution in [3.05, 3.63) is 251 Å². The van der Waals surface area contributed by atoms with E-state index in [4.69, 9.17) is 42.6 Å². The topological polar surface area (TPSA) is 459 Å². The van der Waals surface area contributed by atoms with E-state index >= 15 is 9.59 Å². The predicted molar refractivity (Wildman–Crippen MR) is 445 cm³/mol. The van der Waals surface area contributed by atoms with Crippen LogP contribution in [0.15, 0.2) is 212 Å². The van der Waals surface area contributed by atoms with Crippen LogP contribution in [-0.4, -0.2) is 322 Å². The third kappa shape index (κ3) is 38.2. The van der Waals surface area contributed by atoms with E-state index in [0.29, 0.717) is 22.3 Å². The van der Waals surface area contributed by atoms with Gasteiger partial charge in [-0.2, -0.15) is 0 Å². The third-order valence-corrected chi connectivity index (χ3v) is 19.6. The molecule has 2 amide bonds. The summed E-state index contributed by atoms with van der Waals surface area (Å²) in [5.41, 5.74) is 4.89. The molecule has 0 spiro atoms. The van der Waals surface area contributed by atoms with Crippen molar-refractivity contribution in [1.82, 2.24) is 40.0 Å². The number of hydrogen-bond acceptors (Lipinski definition) is 25. The van der Waals surface area contributed by atoms with Crippen LogP contribution in [0.5, 0.6) is 0 Å². The number of carbonyl (C=O) groups is 10. The van der Waals surface area contributed by atoms with Crippen LogP contribution in [0.4, 0.5) is 0 Å². The molecule has 0 saturated carbocycles. The predicted octanol–water partition coefficient (Wildman–Crippen LogP) is 4.55. The van der Waals surface area contributed by atoms with Gasteiger partial charge in [-0.15, -0.1) is 0 Å². The lowest BCUT2D eigenvalue weighted by molar-refractivity contribution is -0.314. The Morgan fingerprint density at radius 1 is 0.315 bits per heavy atom. The average Bonchev–Trinajstić information content (AvgIpc) is 0.775. The molecule has 7 aromatic carbocycles. The molecular formula is C89H110N8O27. The molecule has 1 heterocycles. The minimum atomic E-state index is -1.74. The number of nitrogens with one attached hydrogen (secondary N) is 2. The smallest absolute Gasteiger partial charge is 0.317 e. The lowest BCUT2D eigenvalue weighted by Gasteiger charge is -2.48. The highest BCUT2D eigenvalue weighted by molar-refractivity contribution is 5.80. The van der Waals surface area contributed by atoms with Crippen molar-refractivity contribution in [1.29, 1.82) is 0 Å². The second-order valence-corrected chi connectivity index (χ2v) is 29.6. The largest absolute Gasteiger partial charge is 0.480 e. The van der Waals surface area contributed by atoms with Gasteiger partial charge in [-0.1, -0.05) is 212 Å². The van der Waals surface area contributed by atoms with E-state index < -0.39 is 187 Å². The van der Waals surface area contributed by atoms with E-state index in [0.717, 1.165) is 26.5 Å². The number of benzene rings is 7. The van der Waals surface area contributed by atoms with Crippen molar-refractivity contribution < 1.29 is 131 Å². The van der Waals surface area contributed by atoms with Crippen molar-refractivity contribution in [3.63, 3.8) is 0 Å². The monoisotopic (exact) mass is 1720 g/mol. The molecule has 9 atom stereocenters. The zero-order valence-corrected chi connectivity index (χ0v) is 68.7. The number of hydrogen-bond donors (Lipinski definition) is 10. The first-order valence-corrected chi connectivity index (χ1v) is 40.3. The van der Waals surface area contributed by atoms with Gasteiger partial charge >= 0.3 is 47.8 Å². The van der Waals surface area contributed by atoms with Gasteiger partial charge in [0.15, 0.2) is 6.29 Å². The fourth-order valence-corrected chi connectivity index (χ4v) is 13.8. The molecule has 7 aromatic rings. The zero-order valence-electron chi connectivity index (χ0n) is 68.7. The average molecular weight is 1720 g/mol. The quantitative estimate of drug-likeness (QED) is 0.0250. The molecule has 10 N–H and O–H groups in total. The van der Waals surface area contributed by atoms with E-state index in [1.807, 2.05) is 182 Å². The Morgan fingerprint density at radius 2 is 0.597 bits per heavy atom. The van der Waals surface area contributed by atoms with Gasteiger partial charge in [-0.25, -0.2) is 0 Å². The first-order chi connectivity index (χ1) is 59.9. The summed E-state index contributed by atoms with van der Waals surface area (Å²) in [5.74, 6) is -12.4. The standard InChI is InChI=1S/C89H110N8O27/c98-74(44-94(48-78(104)105)40-36-92(46-76(100)101)38-42-96(50-80(108)109)51-81(110)111)90-71(61-116-54-64-22-8-1-9-23-64)85(119-57-67-28-14-4-15-29-67)86(120-58-68-30-16-5-17-31-68)72(62-117-55-65-24-10-2-11-25-65)123-89-84(91-75(99)45-95(49-79(106)107)41-37-93(47-77(102)103)39-43-97(52-82(112)113)53-83(114)115)88(122-60-70-34-20-7-21-35-70)87(121-59-69-32-18-6-19-33-69)73(124-89)63-118-56-66-26-12-3-13-27-66/h1-35,71-73,84-89H,36-63H2,(H,90,98)(H,91,99)(H,100,101)(H,102,103)(H,104,105)(H,106,107)(H,108,109)(H,110,111)(H,112,113)(H,114,115)/t71-,72-,73-,84-,85-,86-,87-,88-,89+/m1/s1. The summed E-state index contributed by atoms with van der Waals surface area (Å²) in [6.45, 7) is -10.4. The first-order valence-electron chi connectivity index (χ1n) is 40.3. The lowest BCUT2D eigenvalue weighted by atomic mass is 9.95. The van der Waals surface area contributed by atoms with Gasteiger partial charge in [0.25, 0.3) is 0 Å². The molecule has 1 fully saturated rings. The Bertz CT molecular complexity index is 4320. The third-order valence-electron chi connectivity index (χ3n) is 19.6. The molecule has 35 heteroatoms. The maximum atomic E-state index is 15.7. The Labute approximate surface area is 718 Å². The summed E-state index contributed by atoms with van der Waals surface area (Å²) in [5, 5.41) is 85.7. The van der Waals surface area contributed by atoms with Crippen LogP contribution >= 0.6 is 0 Å². The van der Waals surface area contributed by atoms with Crippen LogP contribution in [0.25, 0.3) is 0 Å². The van der Waals surface area contributed by atoms with Gasteiger partial charge in [-0.05, 0) is 38.9 Å². The van der Waals surface area contributed by atoms with Crippen molar-refractivity contribution in [2.75, 3.05) is 138 Å². The molecule has 0 unspecified atom stereocenters. The highest BCUT2D eigenvalue weighted by Crippen LogP contribution is 2.33. The summed E-state index contributed by atoms with van der Waals surface area (Å²) < 4.78 is 63.7. The normalized spacial score (nSPS) is 16.2. The van der Waals surface area contributed by atoms with E-state index in [2.05, 4.69) is 10.6 Å². The molecule has 0 radical (unpaired) electrons. The fourth-order valence-electron chi connectivity index (χ4n) is 13.8. The molecule has 1 aliphatic heterocycles. The van der Waals surface area contributed by atoms with E-state index in [1.165, 1.54) is 19.6 Å². The first kappa shape index (κ1) is 98.1. The second-order valence-electron chi connectivity index (χ2n) is 29.6. The number of carboxylic acid groups (broad SMARTS) is 8. The number of carboxylic acids is 8. The summed E-state index contributed by atoms with van der Waals surface area (Å²) in [7, 11) is 0. The van der Waals surface area contributed by atoms with Crippen LogP contribution in [0.1, 0.15) is 38.9 Å². The fraction of sp³-hybridized carbons (Fsp3) is 0.416. The van der Waals surface area contributed by atoms with Crippen LogP contribution in [0.3, 0.4) is 0 Å². The highest BCUT2D eigenvalue weighted by atomic mass is 16.7. The minimum absolute atomic E-state index is 0.0372. The van der Waals surface area contributed by atoms with Crippen LogP contribution in [0.2, 0.25) is 0 Å². The van der Waals surface area contributed by atoms with E-state index in [-0.39, 0.29) is 112 Å². The summed E-state index contributed by atoms with van der Waals surface area (Å²) >= 11 is 0. The number of aliphatic carboxylic acids is 8. The molecule has 124 heavy (non-hydrogen) atoms. The second kappa shape index (κ2) is 54.3. The highest BCUT2D eigenvalue weighted by Gasteiger charge is 2.52. The van der Waals surface area contributed by atoms with Crippen molar-refractivity contribution in [2.45, 2.75) is 101 Å². The Morgan fingerprint density at radius 3 is 0.952 bits per heavy atom. The maximum Gasteiger partial charge on any atom is 0.317 e. The number of amides is 2. The van der Waals surface area contributed by atoms with Gasteiger partial charge < -0.3 is 94.1 Å². The minimum Gasteiger partial charge on any atom is -0.480 e. The zero-order chi connectivity index (χ0) is 88.8. The molecule has 8 rings (SSSR count). The lowest BCUT2D eigenvalue weighted by Crippen LogP contribution is -2.68. The molecular weight excluding hydrogens is 1610 g/mol. The summed E-state index contributed by atoms with van der Waals surface area (Å²) in [4.78, 5) is 136. The van der Waals surface area contributed by atoms with Crippen molar-refractivity contribution >= 4 is 59.6 Å². The molecule has 0 aliphatic carbocycles. The van der Waals surface area contributed by atoms with E-state index in [1.54, 1.807) is 30.3 Å².